The van der Waals surface area contributed by atoms with Crippen LogP contribution in [0, 0.1) is 0 Å². The molecular formula is C14H20N2O3S. The quantitative estimate of drug-likeness (QED) is 0.684. The fourth-order valence-corrected chi connectivity index (χ4v) is 2.15. The number of carbonyl (C=O) groups is 2. The van der Waals surface area contributed by atoms with Gasteiger partial charge in [0, 0.05) is 17.8 Å². The number of amides is 1. The molecule has 0 aromatic heterocycles. The van der Waals surface area contributed by atoms with Crippen molar-refractivity contribution in [3.05, 3.63) is 29.8 Å². The van der Waals surface area contributed by atoms with Crippen molar-refractivity contribution in [1.29, 1.82) is 0 Å². The molecule has 110 valence electrons. The molecule has 0 aliphatic rings. The molecule has 0 fully saturated rings. The highest BCUT2D eigenvalue weighted by molar-refractivity contribution is 7.98. The van der Waals surface area contributed by atoms with Crippen molar-refractivity contribution in [3.63, 3.8) is 0 Å². The second-order valence-corrected chi connectivity index (χ2v) is 5.24. The SMILES string of the molecule is CCNc1ccc(C(=O)NC(CCSC)C(=O)O)cc1. The second-order valence-electron chi connectivity index (χ2n) is 4.25. The van der Waals surface area contributed by atoms with E-state index in [0.29, 0.717) is 17.7 Å². The minimum atomic E-state index is -1.00. The lowest BCUT2D eigenvalue weighted by atomic mass is 10.1. The topological polar surface area (TPSA) is 78.4 Å². The first-order valence-electron chi connectivity index (χ1n) is 6.45. The molecule has 0 radical (unpaired) electrons. The number of benzene rings is 1. The molecule has 0 heterocycles. The lowest BCUT2D eigenvalue weighted by Gasteiger charge is -2.14. The molecule has 0 saturated heterocycles. The maximum Gasteiger partial charge on any atom is 0.326 e. The first-order valence-corrected chi connectivity index (χ1v) is 7.84. The molecule has 0 aliphatic carbocycles. The van der Waals surface area contributed by atoms with E-state index < -0.39 is 12.0 Å². The summed E-state index contributed by atoms with van der Waals surface area (Å²) in [5, 5.41) is 14.8. The molecule has 1 aromatic carbocycles. The van der Waals surface area contributed by atoms with Gasteiger partial charge in [-0.05, 0) is 49.6 Å². The molecule has 1 amide bonds. The fourth-order valence-electron chi connectivity index (χ4n) is 1.68. The largest absolute Gasteiger partial charge is 0.480 e. The number of carboxylic acids is 1. The molecule has 0 aliphatic heterocycles. The first-order chi connectivity index (χ1) is 9.58. The lowest BCUT2D eigenvalue weighted by molar-refractivity contribution is -0.139. The van der Waals surface area contributed by atoms with Crippen molar-refractivity contribution in [2.75, 3.05) is 23.9 Å². The summed E-state index contributed by atoms with van der Waals surface area (Å²) in [4.78, 5) is 23.1. The predicted octanol–water partition coefficient (Wildman–Crippen LogP) is 2.05. The van der Waals surface area contributed by atoms with Crippen LogP contribution in [0.1, 0.15) is 23.7 Å². The van der Waals surface area contributed by atoms with Gasteiger partial charge in [-0.2, -0.15) is 11.8 Å². The van der Waals surface area contributed by atoms with Gasteiger partial charge < -0.3 is 15.7 Å². The third-order valence-corrected chi connectivity index (χ3v) is 3.39. The summed E-state index contributed by atoms with van der Waals surface area (Å²) < 4.78 is 0. The van der Waals surface area contributed by atoms with Crippen LogP contribution in [0.15, 0.2) is 24.3 Å². The highest BCUT2D eigenvalue weighted by atomic mass is 32.2. The van der Waals surface area contributed by atoms with Crippen molar-refractivity contribution in [1.82, 2.24) is 5.32 Å². The van der Waals surface area contributed by atoms with Gasteiger partial charge in [0.2, 0.25) is 0 Å². The number of thioether (sulfide) groups is 1. The monoisotopic (exact) mass is 296 g/mol. The molecule has 1 aromatic rings. The molecule has 5 nitrogen and oxygen atoms in total. The number of carbonyl (C=O) groups excluding carboxylic acids is 1. The van der Waals surface area contributed by atoms with E-state index in [-0.39, 0.29) is 5.91 Å². The zero-order valence-corrected chi connectivity index (χ0v) is 12.5. The molecule has 1 rings (SSSR count). The van der Waals surface area contributed by atoms with E-state index in [1.165, 1.54) is 0 Å². The van der Waals surface area contributed by atoms with Crippen LogP contribution in [0.3, 0.4) is 0 Å². The van der Waals surface area contributed by atoms with Gasteiger partial charge in [-0.25, -0.2) is 4.79 Å². The Morgan fingerprint density at radius 2 is 1.95 bits per heavy atom. The average Bonchev–Trinajstić information content (AvgIpc) is 2.44. The van der Waals surface area contributed by atoms with Crippen molar-refractivity contribution in [3.8, 4) is 0 Å². The van der Waals surface area contributed by atoms with Crippen LogP contribution in [-0.2, 0) is 4.79 Å². The third kappa shape index (κ3) is 5.13. The zero-order valence-electron chi connectivity index (χ0n) is 11.7. The van der Waals surface area contributed by atoms with E-state index in [0.717, 1.165) is 12.2 Å². The predicted molar refractivity (Wildman–Crippen MR) is 82.5 cm³/mol. The van der Waals surface area contributed by atoms with Crippen LogP contribution in [0.25, 0.3) is 0 Å². The maximum absolute atomic E-state index is 12.0. The number of hydrogen-bond donors (Lipinski definition) is 3. The Morgan fingerprint density at radius 1 is 1.30 bits per heavy atom. The first kappa shape index (κ1) is 16.4. The number of nitrogens with one attached hydrogen (secondary N) is 2. The van der Waals surface area contributed by atoms with Gasteiger partial charge in [0.05, 0.1) is 0 Å². The number of carboxylic acid groups (broad SMARTS) is 1. The van der Waals surface area contributed by atoms with E-state index >= 15 is 0 Å². The molecule has 0 saturated carbocycles. The average molecular weight is 296 g/mol. The number of aliphatic carboxylic acids is 1. The van der Waals surface area contributed by atoms with Crippen molar-refractivity contribution < 1.29 is 14.7 Å². The Kier molecular flexibility index (Phi) is 6.93. The van der Waals surface area contributed by atoms with Crippen molar-refractivity contribution >= 4 is 29.3 Å². The van der Waals surface area contributed by atoms with Crippen LogP contribution < -0.4 is 10.6 Å². The number of rotatable bonds is 8. The zero-order chi connectivity index (χ0) is 15.0. The van der Waals surface area contributed by atoms with Crippen LogP contribution in [0.4, 0.5) is 5.69 Å². The van der Waals surface area contributed by atoms with Crippen LogP contribution in [0.2, 0.25) is 0 Å². The minimum Gasteiger partial charge on any atom is -0.480 e. The Labute approximate surface area is 123 Å². The Hall–Kier alpha value is -1.69. The van der Waals surface area contributed by atoms with Crippen LogP contribution in [-0.4, -0.2) is 41.6 Å². The molecule has 1 atom stereocenters. The van der Waals surface area contributed by atoms with Crippen molar-refractivity contribution in [2.24, 2.45) is 0 Å². The number of anilines is 1. The summed E-state index contributed by atoms with van der Waals surface area (Å²) in [6, 6.07) is 6.12. The summed E-state index contributed by atoms with van der Waals surface area (Å²) in [5.41, 5.74) is 1.39. The van der Waals surface area contributed by atoms with Gasteiger partial charge in [0.25, 0.3) is 5.91 Å². The van der Waals surface area contributed by atoms with Gasteiger partial charge in [0.1, 0.15) is 6.04 Å². The number of hydrogen-bond acceptors (Lipinski definition) is 4. The van der Waals surface area contributed by atoms with E-state index in [1.54, 1.807) is 36.0 Å². The summed E-state index contributed by atoms with van der Waals surface area (Å²) in [6.45, 7) is 2.80. The lowest BCUT2D eigenvalue weighted by Crippen LogP contribution is -2.41. The standard InChI is InChI=1S/C14H20N2O3S/c1-3-15-11-6-4-10(5-7-11)13(17)16-12(14(18)19)8-9-20-2/h4-7,12,15H,3,8-9H2,1-2H3,(H,16,17)(H,18,19). The molecule has 0 bridgehead atoms. The van der Waals surface area contributed by atoms with Crippen LogP contribution in [0.5, 0.6) is 0 Å². The maximum atomic E-state index is 12.0. The molecule has 0 spiro atoms. The summed E-state index contributed by atoms with van der Waals surface area (Å²) in [6.07, 6.45) is 2.32. The van der Waals surface area contributed by atoms with Gasteiger partial charge in [-0.1, -0.05) is 0 Å². The second kappa shape index (κ2) is 8.47. The summed E-state index contributed by atoms with van der Waals surface area (Å²) in [7, 11) is 0. The van der Waals surface area contributed by atoms with Crippen molar-refractivity contribution in [2.45, 2.75) is 19.4 Å². The fraction of sp³-hybridized carbons (Fsp3) is 0.429. The Balaban J connectivity index is 2.65. The van der Waals surface area contributed by atoms with E-state index in [4.69, 9.17) is 5.11 Å². The van der Waals surface area contributed by atoms with Gasteiger partial charge >= 0.3 is 5.97 Å². The molecule has 3 N–H and O–H groups in total. The molecule has 6 heteroatoms. The molecule has 20 heavy (non-hydrogen) atoms. The highest BCUT2D eigenvalue weighted by Gasteiger charge is 2.19. The van der Waals surface area contributed by atoms with E-state index in [9.17, 15) is 9.59 Å². The smallest absolute Gasteiger partial charge is 0.326 e. The van der Waals surface area contributed by atoms with Crippen LogP contribution >= 0.6 is 11.8 Å². The Bertz CT molecular complexity index is 448. The van der Waals surface area contributed by atoms with E-state index in [2.05, 4.69) is 10.6 Å². The summed E-state index contributed by atoms with van der Waals surface area (Å²) >= 11 is 1.55. The van der Waals surface area contributed by atoms with E-state index in [1.807, 2.05) is 13.2 Å². The van der Waals surface area contributed by atoms with Gasteiger partial charge in [-0.15, -0.1) is 0 Å². The normalized spacial score (nSPS) is 11.7. The third-order valence-electron chi connectivity index (χ3n) is 2.74. The highest BCUT2D eigenvalue weighted by Crippen LogP contribution is 2.10. The van der Waals surface area contributed by atoms with Gasteiger partial charge in [-0.3, -0.25) is 4.79 Å². The molecular weight excluding hydrogens is 276 g/mol. The summed E-state index contributed by atoms with van der Waals surface area (Å²) in [5.74, 6) is -0.672. The van der Waals surface area contributed by atoms with Gasteiger partial charge in [0.15, 0.2) is 0 Å². The minimum absolute atomic E-state index is 0.360. The molecule has 1 unspecified atom stereocenters. The Morgan fingerprint density at radius 3 is 2.45 bits per heavy atom.